The molecule has 2 aromatic rings. The molecule has 1 amide bonds. The van der Waals surface area contributed by atoms with Gasteiger partial charge in [0.2, 0.25) is 5.56 Å². The Hall–Kier alpha value is -2.47. The number of aromatic nitrogens is 1. The summed E-state index contributed by atoms with van der Waals surface area (Å²) in [6.45, 7) is 3.93. The van der Waals surface area contributed by atoms with Gasteiger partial charge in [-0.05, 0) is 31.9 Å². The van der Waals surface area contributed by atoms with Crippen molar-refractivity contribution in [2.24, 2.45) is 0 Å². The van der Waals surface area contributed by atoms with E-state index in [9.17, 15) is 14.0 Å². The number of hydrogen-bond donors (Lipinski definition) is 2. The minimum absolute atomic E-state index is 0.0731. The molecule has 0 aliphatic carbocycles. The largest absolute Gasteiger partial charge is 0.349 e. The highest BCUT2D eigenvalue weighted by molar-refractivity contribution is 5.94. The first-order chi connectivity index (χ1) is 12.0. The summed E-state index contributed by atoms with van der Waals surface area (Å²) in [7, 11) is 0. The van der Waals surface area contributed by atoms with Crippen LogP contribution in [0.4, 0.5) is 4.39 Å². The van der Waals surface area contributed by atoms with Gasteiger partial charge in [0.1, 0.15) is 5.82 Å². The first-order valence-corrected chi connectivity index (χ1v) is 8.49. The van der Waals surface area contributed by atoms with Crippen molar-refractivity contribution >= 4 is 5.91 Å². The maximum atomic E-state index is 13.7. The fourth-order valence-corrected chi connectivity index (χ4v) is 3.19. The molecule has 1 fully saturated rings. The Morgan fingerprint density at radius 1 is 1.28 bits per heavy atom. The van der Waals surface area contributed by atoms with Crippen molar-refractivity contribution in [3.8, 4) is 0 Å². The SMILES string of the molecule is Cc1cc(C(=O)NC2CCN(Cc3ccccc3F)CC2)cc(=O)[nH]1. The Morgan fingerprint density at radius 2 is 2.00 bits per heavy atom. The molecule has 0 saturated carbocycles. The third-order valence-electron chi connectivity index (χ3n) is 4.52. The van der Waals surface area contributed by atoms with Gasteiger partial charge >= 0.3 is 0 Å². The molecule has 3 rings (SSSR count). The Balaban J connectivity index is 1.53. The van der Waals surface area contributed by atoms with Gasteiger partial charge in [-0.25, -0.2) is 4.39 Å². The maximum Gasteiger partial charge on any atom is 0.251 e. The third-order valence-corrected chi connectivity index (χ3v) is 4.52. The van der Waals surface area contributed by atoms with Crippen molar-refractivity contribution < 1.29 is 9.18 Å². The number of halogens is 1. The summed E-state index contributed by atoms with van der Waals surface area (Å²) >= 11 is 0. The number of aryl methyl sites for hydroxylation is 1. The van der Waals surface area contributed by atoms with Gasteiger partial charge in [0.15, 0.2) is 0 Å². The lowest BCUT2D eigenvalue weighted by Gasteiger charge is -2.32. The van der Waals surface area contributed by atoms with Crippen LogP contribution in [0.3, 0.4) is 0 Å². The number of nitrogens with one attached hydrogen (secondary N) is 2. The van der Waals surface area contributed by atoms with Crippen molar-refractivity contribution in [1.29, 1.82) is 0 Å². The zero-order valence-corrected chi connectivity index (χ0v) is 14.2. The van der Waals surface area contributed by atoms with Crippen molar-refractivity contribution in [1.82, 2.24) is 15.2 Å². The summed E-state index contributed by atoms with van der Waals surface area (Å²) in [4.78, 5) is 28.6. The fraction of sp³-hybridized carbons (Fsp3) is 0.368. The number of nitrogens with zero attached hydrogens (tertiary/aromatic N) is 1. The zero-order valence-electron chi connectivity index (χ0n) is 14.2. The normalized spacial score (nSPS) is 15.9. The molecule has 1 aliphatic rings. The Bertz CT molecular complexity index is 810. The molecule has 0 unspecified atom stereocenters. The smallest absolute Gasteiger partial charge is 0.251 e. The molecule has 132 valence electrons. The molecule has 1 saturated heterocycles. The van der Waals surface area contributed by atoms with Crippen LogP contribution in [0.5, 0.6) is 0 Å². The van der Waals surface area contributed by atoms with Gasteiger partial charge in [0, 0.05) is 48.6 Å². The molecule has 0 spiro atoms. The summed E-state index contributed by atoms with van der Waals surface area (Å²) in [5.74, 6) is -0.399. The van der Waals surface area contributed by atoms with E-state index in [1.54, 1.807) is 25.1 Å². The number of aromatic amines is 1. The number of rotatable bonds is 4. The van der Waals surface area contributed by atoms with Crippen LogP contribution in [0.1, 0.15) is 34.5 Å². The average molecular weight is 343 g/mol. The Morgan fingerprint density at radius 3 is 2.68 bits per heavy atom. The molecule has 5 nitrogen and oxygen atoms in total. The third kappa shape index (κ3) is 4.54. The topological polar surface area (TPSA) is 65.2 Å². The minimum Gasteiger partial charge on any atom is -0.349 e. The molecule has 1 aliphatic heterocycles. The molecule has 6 heteroatoms. The molecular weight excluding hydrogens is 321 g/mol. The van der Waals surface area contributed by atoms with Crippen LogP contribution in [0.15, 0.2) is 41.2 Å². The van der Waals surface area contributed by atoms with Gasteiger partial charge < -0.3 is 10.3 Å². The van der Waals surface area contributed by atoms with E-state index in [2.05, 4.69) is 15.2 Å². The lowest BCUT2D eigenvalue weighted by Crippen LogP contribution is -2.44. The molecule has 2 heterocycles. The Kier molecular flexibility index (Phi) is 5.28. The van der Waals surface area contributed by atoms with Crippen LogP contribution in [0.25, 0.3) is 0 Å². The number of carbonyl (C=O) groups excluding carboxylic acids is 1. The summed E-state index contributed by atoms with van der Waals surface area (Å²) in [5, 5.41) is 2.99. The summed E-state index contributed by atoms with van der Waals surface area (Å²) < 4.78 is 13.7. The first-order valence-electron chi connectivity index (χ1n) is 8.49. The Labute approximate surface area is 145 Å². The van der Waals surface area contributed by atoms with Gasteiger partial charge in [-0.3, -0.25) is 14.5 Å². The van der Waals surface area contributed by atoms with Crippen LogP contribution in [0.2, 0.25) is 0 Å². The van der Waals surface area contributed by atoms with Crippen LogP contribution in [-0.4, -0.2) is 34.9 Å². The molecule has 0 radical (unpaired) electrons. The summed E-state index contributed by atoms with van der Waals surface area (Å²) in [6, 6.07) is 9.87. The van der Waals surface area contributed by atoms with E-state index in [0.29, 0.717) is 23.4 Å². The van der Waals surface area contributed by atoms with Crippen molar-refractivity contribution in [2.45, 2.75) is 32.4 Å². The van der Waals surface area contributed by atoms with E-state index < -0.39 is 0 Å². The van der Waals surface area contributed by atoms with Crippen LogP contribution in [-0.2, 0) is 6.54 Å². The van der Waals surface area contributed by atoms with Gasteiger partial charge in [0.25, 0.3) is 5.91 Å². The average Bonchev–Trinajstić information content (AvgIpc) is 2.58. The van der Waals surface area contributed by atoms with E-state index in [4.69, 9.17) is 0 Å². The highest BCUT2D eigenvalue weighted by atomic mass is 19.1. The standard InChI is InChI=1S/C19H22FN3O2/c1-13-10-15(11-18(24)21-13)19(25)22-16-6-8-23(9-7-16)12-14-4-2-3-5-17(14)20/h2-5,10-11,16H,6-9,12H2,1H3,(H,21,24)(H,22,25). The quantitative estimate of drug-likeness (QED) is 0.895. The number of H-pyrrole nitrogens is 1. The molecule has 1 aromatic carbocycles. The van der Waals surface area contributed by atoms with Gasteiger partial charge in [0.05, 0.1) is 0 Å². The second-order valence-electron chi connectivity index (χ2n) is 6.53. The van der Waals surface area contributed by atoms with E-state index in [0.717, 1.165) is 25.9 Å². The van der Waals surface area contributed by atoms with E-state index in [1.807, 2.05) is 6.07 Å². The predicted octanol–water partition coefficient (Wildman–Crippen LogP) is 2.22. The highest BCUT2D eigenvalue weighted by Gasteiger charge is 2.22. The second kappa shape index (κ2) is 7.61. The lowest BCUT2D eigenvalue weighted by molar-refractivity contribution is 0.0908. The number of benzene rings is 1. The van der Waals surface area contributed by atoms with E-state index in [-0.39, 0.29) is 23.3 Å². The molecule has 0 bridgehead atoms. The molecule has 25 heavy (non-hydrogen) atoms. The monoisotopic (exact) mass is 343 g/mol. The molecule has 2 N–H and O–H groups in total. The molecular formula is C19H22FN3O2. The fourth-order valence-electron chi connectivity index (χ4n) is 3.19. The first kappa shape index (κ1) is 17.4. The number of pyridine rings is 1. The van der Waals surface area contributed by atoms with Gasteiger partial charge in [-0.15, -0.1) is 0 Å². The number of likely N-dealkylation sites (tertiary alicyclic amines) is 1. The summed E-state index contributed by atoms with van der Waals surface area (Å²) in [6.07, 6.45) is 1.62. The highest BCUT2D eigenvalue weighted by Crippen LogP contribution is 2.16. The molecule has 1 aromatic heterocycles. The number of carbonyl (C=O) groups is 1. The van der Waals surface area contributed by atoms with Crippen LogP contribution < -0.4 is 10.9 Å². The number of hydrogen-bond acceptors (Lipinski definition) is 3. The number of amides is 1. The second-order valence-corrected chi connectivity index (χ2v) is 6.53. The van der Waals surface area contributed by atoms with Gasteiger partial charge in [-0.1, -0.05) is 18.2 Å². The van der Waals surface area contributed by atoms with E-state index in [1.165, 1.54) is 12.1 Å². The maximum absolute atomic E-state index is 13.7. The predicted molar refractivity (Wildman–Crippen MR) is 94.0 cm³/mol. The van der Waals surface area contributed by atoms with Crippen LogP contribution in [0, 0.1) is 12.7 Å². The van der Waals surface area contributed by atoms with Crippen molar-refractivity contribution in [3.63, 3.8) is 0 Å². The summed E-state index contributed by atoms with van der Waals surface area (Å²) in [5.41, 5.74) is 1.47. The lowest BCUT2D eigenvalue weighted by atomic mass is 10.0. The van der Waals surface area contributed by atoms with E-state index >= 15 is 0 Å². The number of piperidine rings is 1. The van der Waals surface area contributed by atoms with Crippen molar-refractivity contribution in [3.05, 3.63) is 69.4 Å². The minimum atomic E-state index is -0.273. The van der Waals surface area contributed by atoms with Crippen LogP contribution >= 0.6 is 0 Å². The van der Waals surface area contributed by atoms with Crippen molar-refractivity contribution in [2.75, 3.05) is 13.1 Å². The zero-order chi connectivity index (χ0) is 17.8. The van der Waals surface area contributed by atoms with Gasteiger partial charge in [-0.2, -0.15) is 0 Å². The molecule has 0 atom stereocenters.